The van der Waals surface area contributed by atoms with Crippen LogP contribution >= 0.6 is 0 Å². The fourth-order valence-corrected chi connectivity index (χ4v) is 2.32. The second-order valence-electron chi connectivity index (χ2n) is 5.42. The van der Waals surface area contributed by atoms with Gasteiger partial charge in [0.05, 0.1) is 13.1 Å². The summed E-state index contributed by atoms with van der Waals surface area (Å²) in [7, 11) is 3.54. The molecule has 1 fully saturated rings. The van der Waals surface area contributed by atoms with Crippen molar-refractivity contribution in [2.45, 2.75) is 6.42 Å². The van der Waals surface area contributed by atoms with Crippen LogP contribution < -0.4 is 10.6 Å². The maximum absolute atomic E-state index is 12.3. The van der Waals surface area contributed by atoms with Crippen LogP contribution in [-0.2, 0) is 9.59 Å². The third kappa shape index (κ3) is 3.95. The van der Waals surface area contributed by atoms with E-state index >= 15 is 0 Å². The molecule has 0 atom stereocenters. The van der Waals surface area contributed by atoms with Gasteiger partial charge in [-0.05, 0) is 30.7 Å². The normalized spacial score (nSPS) is 16.7. The predicted octanol–water partition coefficient (Wildman–Crippen LogP) is 0.396. The van der Waals surface area contributed by atoms with Crippen LogP contribution in [0.2, 0.25) is 0 Å². The van der Waals surface area contributed by atoms with E-state index in [1.807, 2.05) is 17.0 Å². The van der Waals surface area contributed by atoms with E-state index in [2.05, 4.69) is 0 Å². The Bertz CT molecular complexity index is 515. The van der Waals surface area contributed by atoms with Gasteiger partial charge >= 0.3 is 0 Å². The summed E-state index contributed by atoms with van der Waals surface area (Å²) in [5.41, 5.74) is 7.11. The Hall–Kier alpha value is -2.08. The van der Waals surface area contributed by atoms with Gasteiger partial charge in [-0.25, -0.2) is 0 Å². The molecule has 1 aromatic carbocycles. The lowest BCUT2D eigenvalue weighted by atomic mass is 10.2. The van der Waals surface area contributed by atoms with Gasteiger partial charge in [0.2, 0.25) is 11.8 Å². The molecular weight excluding hydrogens is 268 g/mol. The molecule has 0 unspecified atom stereocenters. The fraction of sp³-hybridized carbons (Fsp3) is 0.467. The maximum Gasteiger partial charge on any atom is 0.240 e. The minimum atomic E-state index is -0.0304. The van der Waals surface area contributed by atoms with Crippen molar-refractivity contribution in [1.82, 2.24) is 9.80 Å². The van der Waals surface area contributed by atoms with E-state index in [4.69, 9.17) is 5.73 Å². The molecule has 6 heteroatoms. The molecule has 2 amide bonds. The highest BCUT2D eigenvalue weighted by molar-refractivity contribution is 5.94. The molecule has 1 heterocycles. The van der Waals surface area contributed by atoms with Gasteiger partial charge < -0.3 is 15.5 Å². The highest BCUT2D eigenvalue weighted by Gasteiger charge is 2.22. The Morgan fingerprint density at radius 1 is 1.29 bits per heavy atom. The standard InChI is InChI=1S/C15H22N4O2/c1-17-8-3-9-19(10-14(17)20)11-15(21)18(2)13-6-4-12(16)5-7-13/h4-7H,3,8-11,16H2,1-2H3. The van der Waals surface area contributed by atoms with Gasteiger partial charge in [-0.15, -0.1) is 0 Å². The van der Waals surface area contributed by atoms with E-state index in [9.17, 15) is 9.59 Å². The number of nitrogen functional groups attached to an aromatic ring is 1. The molecule has 0 radical (unpaired) electrons. The minimum absolute atomic E-state index is 0.0304. The number of likely N-dealkylation sites (N-methyl/N-ethyl adjacent to an activating group) is 2. The molecule has 0 bridgehead atoms. The zero-order valence-corrected chi connectivity index (χ0v) is 12.6. The van der Waals surface area contributed by atoms with Gasteiger partial charge in [0, 0.05) is 38.6 Å². The second-order valence-corrected chi connectivity index (χ2v) is 5.42. The molecule has 2 rings (SSSR count). The summed E-state index contributed by atoms with van der Waals surface area (Å²) >= 11 is 0. The Labute approximate surface area is 125 Å². The lowest BCUT2D eigenvalue weighted by molar-refractivity contribution is -0.130. The minimum Gasteiger partial charge on any atom is -0.399 e. The molecule has 2 N–H and O–H groups in total. The number of nitrogens with two attached hydrogens (primary N) is 1. The number of benzene rings is 1. The molecule has 0 spiro atoms. The van der Waals surface area contributed by atoms with Crippen molar-refractivity contribution in [2.24, 2.45) is 0 Å². The summed E-state index contributed by atoms with van der Waals surface area (Å²) < 4.78 is 0. The average Bonchev–Trinajstić information content (AvgIpc) is 2.61. The monoisotopic (exact) mass is 290 g/mol. The van der Waals surface area contributed by atoms with Crippen LogP contribution in [0.25, 0.3) is 0 Å². The number of amides is 2. The van der Waals surface area contributed by atoms with Crippen LogP contribution in [0.4, 0.5) is 11.4 Å². The van der Waals surface area contributed by atoms with E-state index in [1.54, 1.807) is 36.0 Å². The lowest BCUT2D eigenvalue weighted by Gasteiger charge is -2.23. The van der Waals surface area contributed by atoms with Crippen molar-refractivity contribution in [3.63, 3.8) is 0 Å². The molecule has 1 saturated heterocycles. The third-order valence-corrected chi connectivity index (χ3v) is 3.77. The Morgan fingerprint density at radius 3 is 2.62 bits per heavy atom. The Balaban J connectivity index is 1.97. The molecule has 0 aromatic heterocycles. The van der Waals surface area contributed by atoms with Crippen LogP contribution in [0.1, 0.15) is 6.42 Å². The molecule has 114 valence electrons. The zero-order valence-electron chi connectivity index (χ0n) is 12.6. The first-order valence-corrected chi connectivity index (χ1v) is 7.06. The van der Waals surface area contributed by atoms with Crippen molar-refractivity contribution in [2.75, 3.05) is 50.9 Å². The first-order valence-electron chi connectivity index (χ1n) is 7.06. The highest BCUT2D eigenvalue weighted by Crippen LogP contribution is 2.15. The second kappa shape index (κ2) is 6.58. The van der Waals surface area contributed by atoms with Gasteiger partial charge in [-0.1, -0.05) is 0 Å². The summed E-state index contributed by atoms with van der Waals surface area (Å²) in [4.78, 5) is 29.4. The van der Waals surface area contributed by atoms with Crippen LogP contribution in [0.5, 0.6) is 0 Å². The SMILES string of the molecule is CN1CCCN(CC(=O)N(C)c2ccc(N)cc2)CC1=O. The maximum atomic E-state index is 12.3. The van der Waals surface area contributed by atoms with Crippen molar-refractivity contribution in [1.29, 1.82) is 0 Å². The summed E-state index contributed by atoms with van der Waals surface area (Å²) in [5, 5.41) is 0. The van der Waals surface area contributed by atoms with Gasteiger partial charge in [-0.3, -0.25) is 14.5 Å². The number of anilines is 2. The van der Waals surface area contributed by atoms with Crippen LogP contribution in [0.15, 0.2) is 24.3 Å². The quantitative estimate of drug-likeness (QED) is 0.818. The van der Waals surface area contributed by atoms with Gasteiger partial charge in [0.1, 0.15) is 0 Å². The zero-order chi connectivity index (χ0) is 15.4. The summed E-state index contributed by atoms with van der Waals surface area (Å²) in [5.74, 6) is 0.0348. The topological polar surface area (TPSA) is 69.9 Å². The fourth-order valence-electron chi connectivity index (χ4n) is 2.32. The number of nitrogens with zero attached hydrogens (tertiary/aromatic N) is 3. The van der Waals surface area contributed by atoms with Crippen LogP contribution in [-0.4, -0.2) is 61.9 Å². The molecule has 1 aliphatic rings. The third-order valence-electron chi connectivity index (χ3n) is 3.77. The summed E-state index contributed by atoms with van der Waals surface area (Å²) in [6, 6.07) is 7.16. The first kappa shape index (κ1) is 15.3. The number of hydrogen-bond donors (Lipinski definition) is 1. The van der Waals surface area contributed by atoms with E-state index in [0.29, 0.717) is 12.2 Å². The summed E-state index contributed by atoms with van der Waals surface area (Å²) in [6.45, 7) is 2.06. The predicted molar refractivity (Wildman–Crippen MR) is 83.0 cm³/mol. The Morgan fingerprint density at radius 2 is 1.95 bits per heavy atom. The number of carbonyl (C=O) groups excluding carboxylic acids is 2. The number of carbonyl (C=O) groups is 2. The molecule has 1 aromatic rings. The largest absolute Gasteiger partial charge is 0.399 e. The highest BCUT2D eigenvalue weighted by atomic mass is 16.2. The van der Waals surface area contributed by atoms with Gasteiger partial charge in [0.25, 0.3) is 0 Å². The van der Waals surface area contributed by atoms with Crippen molar-refractivity contribution in [3.05, 3.63) is 24.3 Å². The van der Waals surface area contributed by atoms with E-state index in [0.717, 1.165) is 25.2 Å². The first-order chi connectivity index (χ1) is 9.97. The van der Waals surface area contributed by atoms with E-state index < -0.39 is 0 Å². The molecule has 0 aliphatic carbocycles. The van der Waals surface area contributed by atoms with Crippen molar-refractivity contribution >= 4 is 23.2 Å². The molecule has 21 heavy (non-hydrogen) atoms. The Kier molecular flexibility index (Phi) is 4.80. The molecular formula is C15H22N4O2. The van der Waals surface area contributed by atoms with E-state index in [1.165, 1.54) is 0 Å². The number of rotatable bonds is 3. The number of hydrogen-bond acceptors (Lipinski definition) is 4. The van der Waals surface area contributed by atoms with Crippen LogP contribution in [0.3, 0.4) is 0 Å². The molecule has 0 saturated carbocycles. The molecule has 6 nitrogen and oxygen atoms in total. The molecule has 1 aliphatic heterocycles. The smallest absolute Gasteiger partial charge is 0.240 e. The van der Waals surface area contributed by atoms with Gasteiger partial charge in [-0.2, -0.15) is 0 Å². The average molecular weight is 290 g/mol. The van der Waals surface area contributed by atoms with E-state index in [-0.39, 0.29) is 18.4 Å². The van der Waals surface area contributed by atoms with Crippen molar-refractivity contribution in [3.8, 4) is 0 Å². The van der Waals surface area contributed by atoms with Gasteiger partial charge in [0.15, 0.2) is 0 Å². The summed E-state index contributed by atoms with van der Waals surface area (Å²) in [6.07, 6.45) is 0.890. The van der Waals surface area contributed by atoms with Crippen LogP contribution in [0, 0.1) is 0 Å². The lowest BCUT2D eigenvalue weighted by Crippen LogP contribution is -2.41. The van der Waals surface area contributed by atoms with Crippen molar-refractivity contribution < 1.29 is 9.59 Å².